The van der Waals surface area contributed by atoms with Crippen molar-refractivity contribution in [3.63, 3.8) is 0 Å². The van der Waals surface area contributed by atoms with Gasteiger partial charge in [-0.3, -0.25) is 0 Å². The number of aryl methyl sites for hydroxylation is 4. The molecule has 6 heteroatoms. The third-order valence-corrected chi connectivity index (χ3v) is 4.19. The van der Waals surface area contributed by atoms with Crippen molar-refractivity contribution in [2.24, 2.45) is 0 Å². The van der Waals surface area contributed by atoms with Crippen LogP contribution in [-0.2, 0) is 0 Å². The summed E-state index contributed by atoms with van der Waals surface area (Å²) in [7, 11) is 0. The van der Waals surface area contributed by atoms with Gasteiger partial charge in [-0.25, -0.2) is 9.78 Å². The molecule has 138 valence electrons. The summed E-state index contributed by atoms with van der Waals surface area (Å²) in [5.41, 5.74) is 5.85. The van der Waals surface area contributed by atoms with Crippen molar-refractivity contribution < 1.29 is 9.90 Å². The second-order valence-electron chi connectivity index (χ2n) is 6.59. The van der Waals surface area contributed by atoms with E-state index in [2.05, 4.69) is 39.7 Å². The second-order valence-corrected chi connectivity index (χ2v) is 6.59. The maximum absolute atomic E-state index is 11.4. The lowest BCUT2D eigenvalue weighted by Crippen LogP contribution is -2.06. The molecule has 3 rings (SSSR count). The van der Waals surface area contributed by atoms with Crippen LogP contribution in [0.3, 0.4) is 0 Å². The molecule has 0 saturated heterocycles. The summed E-state index contributed by atoms with van der Waals surface area (Å²) in [5, 5.41) is 15.7. The molecule has 0 radical (unpaired) electrons. The van der Waals surface area contributed by atoms with E-state index in [4.69, 9.17) is 0 Å². The molecule has 0 aliphatic heterocycles. The number of carbonyl (C=O) groups is 1. The fourth-order valence-corrected chi connectivity index (χ4v) is 3.09. The summed E-state index contributed by atoms with van der Waals surface area (Å²) < 4.78 is 0. The lowest BCUT2D eigenvalue weighted by Gasteiger charge is -2.15. The summed E-state index contributed by atoms with van der Waals surface area (Å²) in [6.45, 7) is 8.02. The molecule has 0 fully saturated rings. The highest BCUT2D eigenvalue weighted by Gasteiger charge is 2.12. The van der Waals surface area contributed by atoms with Gasteiger partial charge in [0.25, 0.3) is 0 Å². The Morgan fingerprint density at radius 2 is 1.59 bits per heavy atom. The number of aromatic carboxylic acids is 1. The van der Waals surface area contributed by atoms with E-state index in [1.165, 1.54) is 5.56 Å². The number of carboxylic acid groups (broad SMARTS) is 1. The topological polar surface area (TPSA) is 87.1 Å². The molecular formula is C21H22N4O2. The third-order valence-electron chi connectivity index (χ3n) is 4.19. The molecule has 0 saturated carbocycles. The van der Waals surface area contributed by atoms with Crippen LogP contribution in [0.4, 0.5) is 23.1 Å². The average molecular weight is 362 g/mol. The van der Waals surface area contributed by atoms with E-state index in [-0.39, 0.29) is 5.56 Å². The van der Waals surface area contributed by atoms with Crippen molar-refractivity contribution >= 4 is 29.1 Å². The summed E-state index contributed by atoms with van der Waals surface area (Å²) in [6, 6.07) is 12.7. The Balaban J connectivity index is 1.93. The van der Waals surface area contributed by atoms with Crippen LogP contribution in [0.2, 0.25) is 0 Å². The minimum atomic E-state index is -0.992. The molecule has 0 bridgehead atoms. The Morgan fingerprint density at radius 1 is 0.926 bits per heavy atom. The molecule has 27 heavy (non-hydrogen) atoms. The fraction of sp³-hybridized carbons (Fsp3) is 0.190. The molecule has 6 nitrogen and oxygen atoms in total. The average Bonchev–Trinajstić information content (AvgIpc) is 2.58. The molecule has 0 spiro atoms. The van der Waals surface area contributed by atoms with Crippen LogP contribution < -0.4 is 10.6 Å². The van der Waals surface area contributed by atoms with Gasteiger partial charge in [0.2, 0.25) is 5.95 Å². The molecule has 2 aromatic carbocycles. The zero-order valence-electron chi connectivity index (χ0n) is 15.8. The van der Waals surface area contributed by atoms with Crippen molar-refractivity contribution in [2.45, 2.75) is 27.7 Å². The van der Waals surface area contributed by atoms with Gasteiger partial charge >= 0.3 is 5.97 Å². The smallest absolute Gasteiger partial charge is 0.337 e. The SMILES string of the molecule is Cc1cc(C)c(Nc2nc(C)cc(Nc3ccccc3C(=O)O)n2)c(C)c1. The number of nitrogens with one attached hydrogen (secondary N) is 2. The van der Waals surface area contributed by atoms with E-state index in [9.17, 15) is 9.90 Å². The summed E-state index contributed by atoms with van der Waals surface area (Å²) in [5.74, 6) is -0.00499. The van der Waals surface area contributed by atoms with Crippen LogP contribution in [0.5, 0.6) is 0 Å². The number of rotatable bonds is 5. The highest BCUT2D eigenvalue weighted by molar-refractivity contribution is 5.95. The molecule has 0 atom stereocenters. The Bertz CT molecular complexity index is 992. The maximum Gasteiger partial charge on any atom is 0.337 e. The van der Waals surface area contributed by atoms with E-state index in [1.807, 2.05) is 20.8 Å². The standard InChI is InChI=1S/C21H22N4O2/c1-12-9-13(2)19(14(3)10-12)25-21-22-15(4)11-18(24-21)23-17-8-6-5-7-16(17)20(26)27/h5-11H,1-4H3,(H,26,27)(H2,22,23,24,25). The second kappa shape index (κ2) is 7.45. The lowest BCUT2D eigenvalue weighted by molar-refractivity contribution is 0.0698. The molecule has 1 heterocycles. The molecular weight excluding hydrogens is 340 g/mol. The Hall–Kier alpha value is -3.41. The molecule has 0 amide bonds. The quantitative estimate of drug-likeness (QED) is 0.599. The number of carboxylic acids is 1. The largest absolute Gasteiger partial charge is 0.478 e. The van der Waals surface area contributed by atoms with Gasteiger partial charge in [0.05, 0.1) is 11.3 Å². The number of hydrogen-bond acceptors (Lipinski definition) is 5. The first-order chi connectivity index (χ1) is 12.8. The van der Waals surface area contributed by atoms with Crippen molar-refractivity contribution in [1.29, 1.82) is 0 Å². The molecule has 1 aromatic heterocycles. The van der Waals surface area contributed by atoms with Gasteiger partial charge in [-0.1, -0.05) is 29.8 Å². The van der Waals surface area contributed by atoms with Crippen molar-refractivity contribution in [2.75, 3.05) is 10.6 Å². The Kier molecular flexibility index (Phi) is 5.07. The van der Waals surface area contributed by atoms with Crippen LogP contribution in [0.1, 0.15) is 32.7 Å². The number of benzene rings is 2. The maximum atomic E-state index is 11.4. The van der Waals surface area contributed by atoms with Gasteiger partial charge in [0.1, 0.15) is 5.82 Å². The summed E-state index contributed by atoms with van der Waals surface area (Å²) in [6.07, 6.45) is 0. The summed E-state index contributed by atoms with van der Waals surface area (Å²) in [4.78, 5) is 20.4. The molecule has 3 aromatic rings. The predicted molar refractivity (Wildman–Crippen MR) is 107 cm³/mol. The van der Waals surface area contributed by atoms with Crippen molar-refractivity contribution in [3.8, 4) is 0 Å². The van der Waals surface area contributed by atoms with Gasteiger partial charge in [0.15, 0.2) is 0 Å². The molecule has 0 aliphatic rings. The first kappa shape index (κ1) is 18.4. The first-order valence-corrected chi connectivity index (χ1v) is 8.63. The van der Waals surface area contributed by atoms with Crippen molar-refractivity contribution in [3.05, 3.63) is 70.4 Å². The summed E-state index contributed by atoms with van der Waals surface area (Å²) >= 11 is 0. The number of hydrogen-bond donors (Lipinski definition) is 3. The van der Waals surface area contributed by atoms with Crippen LogP contribution in [0.15, 0.2) is 42.5 Å². The van der Waals surface area contributed by atoms with Gasteiger partial charge in [-0.2, -0.15) is 4.98 Å². The lowest BCUT2D eigenvalue weighted by atomic mass is 10.1. The first-order valence-electron chi connectivity index (χ1n) is 8.63. The van der Waals surface area contributed by atoms with E-state index in [1.54, 1.807) is 30.3 Å². The van der Waals surface area contributed by atoms with Crippen LogP contribution in [-0.4, -0.2) is 21.0 Å². The molecule has 3 N–H and O–H groups in total. The third kappa shape index (κ3) is 4.23. The minimum Gasteiger partial charge on any atom is -0.478 e. The van der Waals surface area contributed by atoms with E-state index < -0.39 is 5.97 Å². The van der Waals surface area contributed by atoms with Crippen molar-refractivity contribution in [1.82, 2.24) is 9.97 Å². The van der Waals surface area contributed by atoms with Gasteiger partial charge in [-0.15, -0.1) is 0 Å². The molecule has 0 aliphatic carbocycles. The highest BCUT2D eigenvalue weighted by atomic mass is 16.4. The zero-order chi connectivity index (χ0) is 19.6. The van der Waals surface area contributed by atoms with E-state index >= 15 is 0 Å². The van der Waals surface area contributed by atoms with Gasteiger partial charge in [-0.05, 0) is 51.0 Å². The monoisotopic (exact) mass is 362 g/mol. The number of nitrogens with zero attached hydrogens (tertiary/aromatic N) is 2. The number of para-hydroxylation sites is 1. The highest BCUT2D eigenvalue weighted by Crippen LogP contribution is 2.26. The van der Waals surface area contributed by atoms with Gasteiger partial charge < -0.3 is 15.7 Å². The number of anilines is 4. The number of aromatic nitrogens is 2. The van der Waals surface area contributed by atoms with E-state index in [0.29, 0.717) is 17.5 Å². The zero-order valence-corrected chi connectivity index (χ0v) is 15.8. The van der Waals surface area contributed by atoms with Gasteiger partial charge in [0, 0.05) is 17.4 Å². The van der Waals surface area contributed by atoms with Crippen LogP contribution >= 0.6 is 0 Å². The molecule has 0 unspecified atom stereocenters. The van der Waals surface area contributed by atoms with Crippen LogP contribution in [0.25, 0.3) is 0 Å². The minimum absolute atomic E-state index is 0.188. The normalized spacial score (nSPS) is 10.5. The Morgan fingerprint density at radius 3 is 2.26 bits per heavy atom. The fourth-order valence-electron chi connectivity index (χ4n) is 3.09. The van der Waals surface area contributed by atoms with Crippen LogP contribution in [0, 0.1) is 27.7 Å². The Labute approximate surface area is 158 Å². The predicted octanol–water partition coefficient (Wildman–Crippen LogP) is 4.90. The van der Waals surface area contributed by atoms with E-state index in [0.717, 1.165) is 22.5 Å².